The van der Waals surface area contributed by atoms with Crippen LogP contribution >= 0.6 is 0 Å². The van der Waals surface area contributed by atoms with Gasteiger partial charge in [-0.15, -0.1) is 0 Å². The van der Waals surface area contributed by atoms with Crippen LogP contribution in [0.15, 0.2) is 30.6 Å². The zero-order valence-corrected chi connectivity index (χ0v) is 14.3. The second-order valence-corrected chi connectivity index (χ2v) is 7.80. The summed E-state index contributed by atoms with van der Waals surface area (Å²) in [4.78, 5) is 0. The van der Waals surface area contributed by atoms with Crippen LogP contribution in [-0.2, 0) is 27.1 Å². The molecule has 0 spiro atoms. The fraction of sp³-hybridized carbons (Fsp3) is 0.438. The van der Waals surface area contributed by atoms with Crippen molar-refractivity contribution in [1.29, 1.82) is 0 Å². The van der Waals surface area contributed by atoms with Crippen molar-refractivity contribution in [2.45, 2.75) is 37.7 Å². The average Bonchev–Trinajstić information content (AvgIpc) is 2.92. The Morgan fingerprint density at radius 1 is 1.24 bits per heavy atom. The van der Waals surface area contributed by atoms with E-state index in [1.165, 1.54) is 6.20 Å². The third-order valence-corrected chi connectivity index (χ3v) is 5.11. The van der Waals surface area contributed by atoms with Crippen LogP contribution in [0.4, 0.5) is 14.5 Å². The van der Waals surface area contributed by atoms with Gasteiger partial charge in [-0.05, 0) is 37.0 Å². The van der Waals surface area contributed by atoms with Crippen molar-refractivity contribution >= 4 is 15.7 Å². The Morgan fingerprint density at radius 2 is 2.00 bits per heavy atom. The van der Waals surface area contributed by atoms with Gasteiger partial charge >= 0.3 is 0 Å². The van der Waals surface area contributed by atoms with Crippen molar-refractivity contribution in [3.8, 4) is 0 Å². The molecule has 1 aromatic carbocycles. The Bertz CT molecular complexity index is 813. The van der Waals surface area contributed by atoms with E-state index in [4.69, 9.17) is 4.74 Å². The maximum absolute atomic E-state index is 13.2. The van der Waals surface area contributed by atoms with E-state index in [9.17, 15) is 17.2 Å². The number of nitrogens with zero attached hydrogens (tertiary/aromatic N) is 2. The molecule has 0 aliphatic carbocycles. The number of aromatic nitrogens is 2. The minimum Gasteiger partial charge on any atom is -0.376 e. The predicted octanol–water partition coefficient (Wildman–Crippen LogP) is 2.67. The molecule has 1 N–H and O–H groups in total. The first-order valence-electron chi connectivity index (χ1n) is 7.99. The highest BCUT2D eigenvalue weighted by molar-refractivity contribution is 7.91. The number of ether oxygens (including phenoxy) is 1. The van der Waals surface area contributed by atoms with E-state index in [-0.39, 0.29) is 11.7 Å². The molecule has 3 rings (SSSR count). The van der Waals surface area contributed by atoms with Crippen molar-refractivity contribution in [1.82, 2.24) is 9.78 Å². The van der Waals surface area contributed by atoms with Gasteiger partial charge in [0.25, 0.3) is 0 Å². The van der Waals surface area contributed by atoms with E-state index in [0.29, 0.717) is 18.3 Å². The van der Waals surface area contributed by atoms with Gasteiger partial charge in [0.15, 0.2) is 0 Å². The van der Waals surface area contributed by atoms with Crippen molar-refractivity contribution in [3.63, 3.8) is 0 Å². The fourth-order valence-corrected chi connectivity index (χ4v) is 3.95. The first-order valence-corrected chi connectivity index (χ1v) is 9.64. The largest absolute Gasteiger partial charge is 0.376 e. The van der Waals surface area contributed by atoms with Gasteiger partial charge in [-0.3, -0.25) is 9.40 Å². The summed E-state index contributed by atoms with van der Waals surface area (Å²) in [6, 6.07) is 2.68. The normalized spacial score (nSPS) is 18.2. The molecule has 1 unspecified atom stereocenters. The van der Waals surface area contributed by atoms with Gasteiger partial charge in [0.2, 0.25) is 10.0 Å². The molecule has 25 heavy (non-hydrogen) atoms. The third kappa shape index (κ3) is 5.23. The summed E-state index contributed by atoms with van der Waals surface area (Å²) in [7, 11) is -3.81. The van der Waals surface area contributed by atoms with Crippen LogP contribution in [0.1, 0.15) is 24.8 Å². The van der Waals surface area contributed by atoms with Crippen molar-refractivity contribution in [2.75, 3.05) is 11.3 Å². The number of hydrogen-bond donors (Lipinski definition) is 1. The summed E-state index contributed by atoms with van der Waals surface area (Å²) in [6.45, 7) is 1.28. The quantitative estimate of drug-likeness (QED) is 0.847. The number of anilines is 1. The standard InChI is InChI=1S/C16H19F2N3O3S/c17-13-5-12(6-14(18)7-13)11-25(22,23)20-15-8-19-21(9-15)10-16-3-1-2-4-24-16/h5-9,16,20H,1-4,10-11H2. The molecule has 136 valence electrons. The zero-order chi connectivity index (χ0) is 17.9. The lowest BCUT2D eigenvalue weighted by atomic mass is 10.1. The van der Waals surface area contributed by atoms with Crippen molar-refractivity contribution < 1.29 is 21.9 Å². The lowest BCUT2D eigenvalue weighted by molar-refractivity contribution is 0.00401. The van der Waals surface area contributed by atoms with Gasteiger partial charge in [-0.1, -0.05) is 0 Å². The molecule has 0 amide bonds. The fourth-order valence-electron chi connectivity index (χ4n) is 2.81. The number of halogens is 2. The minimum atomic E-state index is -3.81. The highest BCUT2D eigenvalue weighted by Gasteiger charge is 2.17. The summed E-state index contributed by atoms with van der Waals surface area (Å²) < 4.78 is 60.3. The molecular weight excluding hydrogens is 352 g/mol. The second-order valence-electron chi connectivity index (χ2n) is 6.08. The van der Waals surface area contributed by atoms with Crippen LogP contribution in [0, 0.1) is 11.6 Å². The monoisotopic (exact) mass is 371 g/mol. The van der Waals surface area contributed by atoms with Crippen molar-refractivity contribution in [3.05, 3.63) is 47.8 Å². The van der Waals surface area contributed by atoms with Gasteiger partial charge in [-0.25, -0.2) is 17.2 Å². The van der Waals surface area contributed by atoms with E-state index in [0.717, 1.165) is 38.0 Å². The van der Waals surface area contributed by atoms with Crippen LogP contribution in [0.25, 0.3) is 0 Å². The molecule has 6 nitrogen and oxygen atoms in total. The van der Waals surface area contributed by atoms with Gasteiger partial charge in [-0.2, -0.15) is 5.10 Å². The van der Waals surface area contributed by atoms with Crippen LogP contribution in [0.3, 0.4) is 0 Å². The molecule has 1 aliphatic heterocycles. The first kappa shape index (κ1) is 17.8. The van der Waals surface area contributed by atoms with E-state index in [2.05, 4.69) is 9.82 Å². The maximum Gasteiger partial charge on any atom is 0.237 e. The highest BCUT2D eigenvalue weighted by atomic mass is 32.2. The van der Waals surface area contributed by atoms with Gasteiger partial charge in [0, 0.05) is 18.9 Å². The molecule has 2 heterocycles. The lowest BCUT2D eigenvalue weighted by Crippen LogP contribution is -2.24. The summed E-state index contributed by atoms with van der Waals surface area (Å²) >= 11 is 0. The Morgan fingerprint density at radius 3 is 2.68 bits per heavy atom. The molecular formula is C16H19F2N3O3S. The topological polar surface area (TPSA) is 73.2 Å². The van der Waals surface area contributed by atoms with Gasteiger partial charge < -0.3 is 4.74 Å². The van der Waals surface area contributed by atoms with Crippen LogP contribution in [0.5, 0.6) is 0 Å². The summed E-state index contributed by atoms with van der Waals surface area (Å²) in [6.07, 6.45) is 6.16. The minimum absolute atomic E-state index is 0.0352. The van der Waals surface area contributed by atoms with E-state index < -0.39 is 27.4 Å². The molecule has 2 aromatic rings. The number of hydrogen-bond acceptors (Lipinski definition) is 4. The number of benzene rings is 1. The Balaban J connectivity index is 1.62. The molecule has 0 radical (unpaired) electrons. The first-order chi connectivity index (χ1) is 11.9. The Kier molecular flexibility index (Phi) is 5.33. The lowest BCUT2D eigenvalue weighted by Gasteiger charge is -2.22. The van der Waals surface area contributed by atoms with E-state index >= 15 is 0 Å². The Hall–Kier alpha value is -2.00. The number of sulfonamides is 1. The molecule has 9 heteroatoms. The van der Waals surface area contributed by atoms with E-state index in [1.54, 1.807) is 10.9 Å². The molecule has 0 bridgehead atoms. The SMILES string of the molecule is O=S(=O)(Cc1cc(F)cc(F)c1)Nc1cnn(CC2CCCCO2)c1. The van der Waals surface area contributed by atoms with Crippen LogP contribution < -0.4 is 4.72 Å². The summed E-state index contributed by atoms with van der Waals surface area (Å²) in [5.41, 5.74) is 0.334. The number of nitrogens with one attached hydrogen (secondary N) is 1. The maximum atomic E-state index is 13.2. The second kappa shape index (κ2) is 7.49. The summed E-state index contributed by atoms with van der Waals surface area (Å²) in [5, 5.41) is 4.12. The summed E-state index contributed by atoms with van der Waals surface area (Å²) in [5.74, 6) is -2.16. The molecule has 0 saturated carbocycles. The van der Waals surface area contributed by atoms with Gasteiger partial charge in [0.05, 0.1) is 30.3 Å². The third-order valence-electron chi connectivity index (χ3n) is 3.85. The van der Waals surface area contributed by atoms with Crippen LogP contribution in [0.2, 0.25) is 0 Å². The average molecular weight is 371 g/mol. The smallest absolute Gasteiger partial charge is 0.237 e. The van der Waals surface area contributed by atoms with E-state index in [1.807, 2.05) is 0 Å². The predicted molar refractivity (Wildman–Crippen MR) is 88.4 cm³/mol. The molecule has 1 aromatic heterocycles. The van der Waals surface area contributed by atoms with Crippen LogP contribution in [-0.4, -0.2) is 30.9 Å². The van der Waals surface area contributed by atoms with Crippen molar-refractivity contribution in [2.24, 2.45) is 0 Å². The zero-order valence-electron chi connectivity index (χ0n) is 13.5. The molecule has 1 atom stereocenters. The molecule has 1 saturated heterocycles. The van der Waals surface area contributed by atoms with Gasteiger partial charge in [0.1, 0.15) is 11.6 Å². The molecule has 1 aliphatic rings. The number of rotatable bonds is 6. The molecule has 1 fully saturated rings. The highest BCUT2D eigenvalue weighted by Crippen LogP contribution is 2.17. The Labute approximate surface area is 144 Å².